The van der Waals surface area contributed by atoms with E-state index in [2.05, 4.69) is 9.88 Å². The molecule has 0 atom stereocenters. The third kappa shape index (κ3) is 3.71. The first-order valence-electron chi connectivity index (χ1n) is 6.48. The van der Waals surface area contributed by atoms with Gasteiger partial charge in [-0.15, -0.1) is 0 Å². The lowest BCUT2D eigenvalue weighted by Crippen LogP contribution is -2.22. The molecule has 7 heteroatoms. The van der Waals surface area contributed by atoms with E-state index in [9.17, 15) is 8.42 Å². The summed E-state index contributed by atoms with van der Waals surface area (Å²) < 4.78 is 22.7. The Morgan fingerprint density at radius 3 is 2.38 bits per heavy atom. The maximum atomic E-state index is 11.4. The Labute approximate surface area is 124 Å². The molecule has 0 amide bonds. The molecule has 0 fully saturated rings. The van der Waals surface area contributed by atoms with Crippen LogP contribution in [0.15, 0.2) is 47.6 Å². The van der Waals surface area contributed by atoms with Gasteiger partial charge in [-0.2, -0.15) is 0 Å². The highest BCUT2D eigenvalue weighted by atomic mass is 32.2. The summed E-state index contributed by atoms with van der Waals surface area (Å²) in [5.74, 6) is 0. The van der Waals surface area contributed by atoms with E-state index in [1.165, 1.54) is 6.07 Å². The molecular weight excluding hydrogens is 288 g/mol. The predicted molar refractivity (Wildman–Crippen MR) is 83.2 cm³/mol. The van der Waals surface area contributed by atoms with Crippen LogP contribution in [0.4, 0.5) is 11.4 Å². The number of aromatic nitrogens is 1. The molecule has 0 aliphatic heterocycles. The van der Waals surface area contributed by atoms with Crippen molar-refractivity contribution >= 4 is 21.4 Å². The van der Waals surface area contributed by atoms with Crippen LogP contribution in [0.25, 0.3) is 0 Å². The Kier molecular flexibility index (Phi) is 4.44. The molecule has 4 N–H and O–H groups in total. The minimum Gasteiger partial charge on any atom is -0.398 e. The Morgan fingerprint density at radius 1 is 1.19 bits per heavy atom. The van der Waals surface area contributed by atoms with Gasteiger partial charge in [-0.1, -0.05) is 0 Å². The quantitative estimate of drug-likeness (QED) is 0.811. The zero-order valence-corrected chi connectivity index (χ0v) is 12.5. The summed E-state index contributed by atoms with van der Waals surface area (Å²) in [6, 6.07) is 8.65. The largest absolute Gasteiger partial charge is 0.398 e. The lowest BCUT2D eigenvalue weighted by molar-refractivity contribution is 0.598. The van der Waals surface area contributed by atoms with Gasteiger partial charge in [0.1, 0.15) is 4.90 Å². The number of nitrogen functional groups attached to an aromatic ring is 1. The number of pyridine rings is 1. The van der Waals surface area contributed by atoms with Gasteiger partial charge in [-0.3, -0.25) is 4.98 Å². The summed E-state index contributed by atoms with van der Waals surface area (Å²) in [5, 5.41) is 5.11. The molecule has 0 spiro atoms. The second kappa shape index (κ2) is 6.11. The molecule has 0 aliphatic carbocycles. The Morgan fingerprint density at radius 2 is 1.86 bits per heavy atom. The molecule has 0 saturated carbocycles. The van der Waals surface area contributed by atoms with Gasteiger partial charge in [-0.05, 0) is 42.8 Å². The van der Waals surface area contributed by atoms with E-state index in [0.29, 0.717) is 6.54 Å². The van der Waals surface area contributed by atoms with Crippen LogP contribution in [0.3, 0.4) is 0 Å². The summed E-state index contributed by atoms with van der Waals surface area (Å²) in [7, 11) is -3.79. The number of benzene rings is 1. The van der Waals surface area contributed by atoms with Crippen LogP contribution in [-0.4, -0.2) is 19.9 Å². The minimum atomic E-state index is -3.79. The van der Waals surface area contributed by atoms with Crippen LogP contribution >= 0.6 is 0 Å². The van der Waals surface area contributed by atoms with Gasteiger partial charge in [0.25, 0.3) is 0 Å². The fourth-order valence-corrected chi connectivity index (χ4v) is 2.73. The molecule has 0 saturated heterocycles. The maximum Gasteiger partial charge on any atom is 0.240 e. The SMILES string of the molecule is CCN(Cc1ccncc1)c1ccc(S(N)(=O)=O)c(N)c1. The van der Waals surface area contributed by atoms with Gasteiger partial charge in [0, 0.05) is 31.2 Å². The van der Waals surface area contributed by atoms with Crippen molar-refractivity contribution in [1.82, 2.24) is 4.98 Å². The fraction of sp³-hybridized carbons (Fsp3) is 0.214. The topological polar surface area (TPSA) is 102 Å². The second-order valence-electron chi connectivity index (χ2n) is 4.64. The van der Waals surface area contributed by atoms with Crippen molar-refractivity contribution < 1.29 is 8.42 Å². The van der Waals surface area contributed by atoms with E-state index in [-0.39, 0.29) is 10.6 Å². The van der Waals surface area contributed by atoms with E-state index < -0.39 is 10.0 Å². The average Bonchev–Trinajstić information content (AvgIpc) is 2.44. The minimum absolute atomic E-state index is 0.0498. The van der Waals surface area contributed by atoms with Crippen LogP contribution < -0.4 is 15.8 Å². The smallest absolute Gasteiger partial charge is 0.240 e. The number of anilines is 2. The number of nitrogens with zero attached hydrogens (tertiary/aromatic N) is 2. The molecule has 0 radical (unpaired) electrons. The number of hydrogen-bond acceptors (Lipinski definition) is 5. The number of hydrogen-bond donors (Lipinski definition) is 2. The summed E-state index contributed by atoms with van der Waals surface area (Å²) in [4.78, 5) is 6.02. The van der Waals surface area contributed by atoms with Crippen molar-refractivity contribution in [3.05, 3.63) is 48.3 Å². The highest BCUT2D eigenvalue weighted by Crippen LogP contribution is 2.25. The van der Waals surface area contributed by atoms with Crippen LogP contribution in [0.5, 0.6) is 0 Å². The first-order valence-corrected chi connectivity index (χ1v) is 8.02. The van der Waals surface area contributed by atoms with Gasteiger partial charge >= 0.3 is 0 Å². The van der Waals surface area contributed by atoms with E-state index in [1.807, 2.05) is 19.1 Å². The normalized spacial score (nSPS) is 11.3. The zero-order chi connectivity index (χ0) is 15.5. The van der Waals surface area contributed by atoms with Crippen molar-refractivity contribution in [2.24, 2.45) is 5.14 Å². The molecule has 2 rings (SSSR count). The third-order valence-electron chi connectivity index (χ3n) is 3.17. The molecule has 0 bridgehead atoms. The highest BCUT2D eigenvalue weighted by molar-refractivity contribution is 7.89. The van der Waals surface area contributed by atoms with Crippen molar-refractivity contribution in [3.8, 4) is 0 Å². The standard InChI is InChI=1S/C14H18N4O2S/c1-2-18(10-11-5-7-17-8-6-11)12-3-4-14(13(15)9-12)21(16,19)20/h3-9H,2,10,15H2,1H3,(H2,16,19,20). The molecule has 0 aliphatic rings. The zero-order valence-electron chi connectivity index (χ0n) is 11.7. The Bertz CT molecular complexity index is 717. The number of sulfonamides is 1. The van der Waals surface area contributed by atoms with Crippen LogP contribution in [0.2, 0.25) is 0 Å². The summed E-state index contributed by atoms with van der Waals surface area (Å²) in [5.41, 5.74) is 7.91. The molecule has 6 nitrogen and oxygen atoms in total. The first kappa shape index (κ1) is 15.3. The molecule has 21 heavy (non-hydrogen) atoms. The Balaban J connectivity index is 2.29. The fourth-order valence-electron chi connectivity index (χ4n) is 2.09. The lowest BCUT2D eigenvalue weighted by atomic mass is 10.2. The molecule has 2 aromatic rings. The van der Waals surface area contributed by atoms with E-state index in [0.717, 1.165) is 17.8 Å². The maximum absolute atomic E-state index is 11.4. The van der Waals surface area contributed by atoms with Crippen LogP contribution in [0.1, 0.15) is 12.5 Å². The average molecular weight is 306 g/mol. The van der Waals surface area contributed by atoms with Crippen molar-refractivity contribution in [3.63, 3.8) is 0 Å². The second-order valence-corrected chi connectivity index (χ2v) is 6.17. The number of nitrogens with two attached hydrogens (primary N) is 2. The van der Waals surface area contributed by atoms with Gasteiger partial charge in [0.15, 0.2) is 0 Å². The van der Waals surface area contributed by atoms with E-state index >= 15 is 0 Å². The number of primary sulfonamides is 1. The Hall–Kier alpha value is -2.12. The van der Waals surface area contributed by atoms with Gasteiger partial charge in [-0.25, -0.2) is 13.6 Å². The predicted octanol–water partition coefficient (Wildman–Crippen LogP) is 1.34. The van der Waals surface area contributed by atoms with Crippen LogP contribution in [-0.2, 0) is 16.6 Å². The van der Waals surface area contributed by atoms with Gasteiger partial charge in [0.05, 0.1) is 5.69 Å². The van der Waals surface area contributed by atoms with Gasteiger partial charge < -0.3 is 10.6 Å². The molecule has 1 heterocycles. The van der Waals surface area contributed by atoms with Crippen LogP contribution in [0, 0.1) is 0 Å². The van der Waals surface area contributed by atoms with E-state index in [4.69, 9.17) is 10.9 Å². The summed E-state index contributed by atoms with van der Waals surface area (Å²) in [6.07, 6.45) is 3.48. The van der Waals surface area contributed by atoms with E-state index in [1.54, 1.807) is 24.5 Å². The first-order chi connectivity index (χ1) is 9.91. The highest BCUT2D eigenvalue weighted by Gasteiger charge is 2.14. The molecule has 0 unspecified atom stereocenters. The van der Waals surface area contributed by atoms with Crippen molar-refractivity contribution in [1.29, 1.82) is 0 Å². The monoisotopic (exact) mass is 306 g/mol. The summed E-state index contributed by atoms with van der Waals surface area (Å²) >= 11 is 0. The molecule has 112 valence electrons. The third-order valence-corrected chi connectivity index (χ3v) is 4.15. The van der Waals surface area contributed by atoms with Crippen molar-refractivity contribution in [2.45, 2.75) is 18.4 Å². The lowest BCUT2D eigenvalue weighted by Gasteiger charge is -2.24. The summed E-state index contributed by atoms with van der Waals surface area (Å²) in [6.45, 7) is 3.47. The molecule has 1 aromatic heterocycles. The molecular formula is C14H18N4O2S. The van der Waals surface area contributed by atoms with Gasteiger partial charge in [0.2, 0.25) is 10.0 Å². The van der Waals surface area contributed by atoms with Crippen molar-refractivity contribution in [2.75, 3.05) is 17.2 Å². The molecule has 1 aromatic carbocycles. The number of rotatable bonds is 5.